The Kier molecular flexibility index (Phi) is 4.26. The molecule has 3 rings (SSSR count). The van der Waals surface area contributed by atoms with Crippen molar-refractivity contribution < 1.29 is 22.4 Å². The number of halogens is 4. The number of alkyl halides is 3. The molecular weight excluding hydrogens is 342 g/mol. The smallest absolute Gasteiger partial charge is 0.324 e. The number of amides is 1. The summed E-state index contributed by atoms with van der Waals surface area (Å²) in [5, 5.41) is 5.68. The molecule has 0 atom stereocenters. The van der Waals surface area contributed by atoms with Gasteiger partial charge < -0.3 is 9.88 Å². The van der Waals surface area contributed by atoms with Gasteiger partial charge in [-0.25, -0.2) is 9.37 Å². The lowest BCUT2D eigenvalue weighted by atomic mass is 10.2. The number of nitrogens with one attached hydrogen (secondary N) is 1. The summed E-state index contributed by atoms with van der Waals surface area (Å²) in [5.74, 6) is -1.22. The van der Waals surface area contributed by atoms with Crippen LogP contribution in [0.3, 0.4) is 0 Å². The van der Waals surface area contributed by atoms with Crippen molar-refractivity contribution in [1.82, 2.24) is 19.3 Å². The van der Waals surface area contributed by atoms with Crippen LogP contribution in [0.1, 0.15) is 5.69 Å². The number of carbonyl (C=O) groups is 1. The molecule has 0 radical (unpaired) electrons. The quantitative estimate of drug-likeness (QED) is 0.734. The number of anilines is 1. The van der Waals surface area contributed by atoms with Gasteiger partial charge in [0.15, 0.2) is 5.69 Å². The predicted molar refractivity (Wildman–Crippen MR) is 79.4 cm³/mol. The third-order valence-electron chi connectivity index (χ3n) is 3.25. The molecule has 0 saturated carbocycles. The first-order valence-corrected chi connectivity index (χ1v) is 7.01. The van der Waals surface area contributed by atoms with E-state index in [0.29, 0.717) is 0 Å². The fraction of sp³-hybridized carbons (Fsp3) is 0.133. The van der Waals surface area contributed by atoms with Crippen molar-refractivity contribution >= 4 is 11.6 Å². The number of benzene rings is 1. The second-order valence-corrected chi connectivity index (χ2v) is 5.08. The van der Waals surface area contributed by atoms with Crippen molar-refractivity contribution in [2.75, 3.05) is 5.32 Å². The summed E-state index contributed by atoms with van der Waals surface area (Å²) in [5.41, 5.74) is -0.664. The molecule has 130 valence electrons. The van der Waals surface area contributed by atoms with E-state index in [1.165, 1.54) is 29.2 Å². The van der Waals surface area contributed by atoms with Crippen LogP contribution in [-0.2, 0) is 17.5 Å². The molecule has 0 bridgehead atoms. The average Bonchev–Trinajstić information content (AvgIpc) is 3.18. The van der Waals surface area contributed by atoms with Crippen molar-refractivity contribution in [3.05, 3.63) is 60.7 Å². The van der Waals surface area contributed by atoms with Crippen LogP contribution in [0.25, 0.3) is 5.69 Å². The zero-order valence-corrected chi connectivity index (χ0v) is 12.5. The van der Waals surface area contributed by atoms with E-state index in [0.717, 1.165) is 23.0 Å². The maximum absolute atomic E-state index is 14.1. The highest BCUT2D eigenvalue weighted by Gasteiger charge is 2.33. The van der Waals surface area contributed by atoms with Crippen LogP contribution < -0.4 is 5.32 Å². The molecule has 10 heteroatoms. The molecule has 2 aromatic heterocycles. The van der Waals surface area contributed by atoms with E-state index >= 15 is 0 Å². The minimum absolute atomic E-state index is 0.176. The minimum Gasteiger partial charge on any atom is -0.324 e. The average molecular weight is 353 g/mol. The molecule has 1 aromatic carbocycles. The van der Waals surface area contributed by atoms with Gasteiger partial charge in [-0.05, 0) is 24.3 Å². The van der Waals surface area contributed by atoms with Gasteiger partial charge in [-0.3, -0.25) is 9.48 Å². The highest BCUT2D eigenvalue weighted by Crippen LogP contribution is 2.27. The summed E-state index contributed by atoms with van der Waals surface area (Å²) in [6.07, 6.45) is 0.951. The van der Waals surface area contributed by atoms with Crippen molar-refractivity contribution in [2.24, 2.45) is 0 Å². The zero-order chi connectivity index (χ0) is 18.0. The molecule has 0 saturated heterocycles. The van der Waals surface area contributed by atoms with Crippen LogP contribution in [-0.4, -0.2) is 25.2 Å². The largest absolute Gasteiger partial charge is 0.435 e. The molecule has 2 heterocycles. The molecule has 0 aliphatic rings. The van der Waals surface area contributed by atoms with E-state index in [4.69, 9.17) is 0 Å². The molecular formula is C15H11F4N5O. The van der Waals surface area contributed by atoms with E-state index < -0.39 is 30.1 Å². The Labute approximate surface area is 138 Å². The normalized spacial score (nSPS) is 11.5. The second-order valence-electron chi connectivity index (χ2n) is 5.08. The summed E-state index contributed by atoms with van der Waals surface area (Å²) in [6, 6.07) is 4.80. The Morgan fingerprint density at radius 3 is 2.60 bits per heavy atom. The second kappa shape index (κ2) is 6.38. The van der Waals surface area contributed by atoms with E-state index in [-0.39, 0.29) is 11.4 Å². The SMILES string of the molecule is O=C(Cn1ccc(C(F)(F)F)n1)Nc1ccc(-n2ccnc2)c(F)c1. The number of carbonyl (C=O) groups excluding carboxylic acids is 1. The maximum Gasteiger partial charge on any atom is 0.435 e. The van der Waals surface area contributed by atoms with E-state index in [1.54, 1.807) is 6.20 Å². The molecule has 3 aromatic rings. The molecule has 25 heavy (non-hydrogen) atoms. The van der Waals surface area contributed by atoms with E-state index in [1.807, 2.05) is 0 Å². The van der Waals surface area contributed by atoms with Gasteiger partial charge in [-0.15, -0.1) is 0 Å². The summed E-state index contributed by atoms with van der Waals surface area (Å²) >= 11 is 0. The summed E-state index contributed by atoms with van der Waals surface area (Å²) < 4.78 is 53.8. The van der Waals surface area contributed by atoms with Gasteiger partial charge in [0.1, 0.15) is 12.4 Å². The van der Waals surface area contributed by atoms with Crippen molar-refractivity contribution in [3.63, 3.8) is 0 Å². The lowest BCUT2D eigenvalue weighted by Gasteiger charge is -2.09. The lowest BCUT2D eigenvalue weighted by Crippen LogP contribution is -2.20. The number of nitrogens with zero attached hydrogens (tertiary/aromatic N) is 4. The van der Waals surface area contributed by atoms with Crippen molar-refractivity contribution in [3.8, 4) is 5.69 Å². The lowest BCUT2D eigenvalue weighted by molar-refractivity contribution is -0.141. The van der Waals surface area contributed by atoms with E-state index in [2.05, 4.69) is 15.4 Å². The topological polar surface area (TPSA) is 64.7 Å². The van der Waals surface area contributed by atoms with Crippen LogP contribution >= 0.6 is 0 Å². The molecule has 0 aliphatic heterocycles. The molecule has 0 unspecified atom stereocenters. The van der Waals surface area contributed by atoms with Crippen LogP contribution in [0.4, 0.5) is 23.2 Å². The predicted octanol–water partition coefficient (Wildman–Crippen LogP) is 2.87. The Morgan fingerprint density at radius 1 is 1.20 bits per heavy atom. The fourth-order valence-corrected chi connectivity index (χ4v) is 2.14. The Hall–Kier alpha value is -3.17. The summed E-state index contributed by atoms with van der Waals surface area (Å²) in [4.78, 5) is 15.7. The summed E-state index contributed by atoms with van der Waals surface area (Å²) in [6.45, 7) is -0.430. The number of hydrogen-bond acceptors (Lipinski definition) is 3. The van der Waals surface area contributed by atoms with Gasteiger partial charge in [-0.2, -0.15) is 18.3 Å². The standard InChI is InChI=1S/C15H11F4N5O/c16-11-7-10(1-2-12(11)23-6-4-20-9-23)21-14(25)8-24-5-3-13(22-24)15(17,18)19/h1-7,9H,8H2,(H,21,25). The molecule has 0 aliphatic carbocycles. The highest BCUT2D eigenvalue weighted by atomic mass is 19.4. The number of rotatable bonds is 4. The minimum atomic E-state index is -4.58. The van der Waals surface area contributed by atoms with Gasteiger partial charge >= 0.3 is 6.18 Å². The molecule has 6 nitrogen and oxygen atoms in total. The van der Waals surface area contributed by atoms with E-state index in [9.17, 15) is 22.4 Å². The number of aromatic nitrogens is 4. The fourth-order valence-electron chi connectivity index (χ4n) is 2.14. The van der Waals surface area contributed by atoms with Crippen LogP contribution in [0.2, 0.25) is 0 Å². The van der Waals surface area contributed by atoms with Crippen LogP contribution in [0.5, 0.6) is 0 Å². The zero-order valence-electron chi connectivity index (χ0n) is 12.5. The number of hydrogen-bond donors (Lipinski definition) is 1. The van der Waals surface area contributed by atoms with Crippen LogP contribution in [0, 0.1) is 5.82 Å². The Bertz CT molecular complexity index is 886. The van der Waals surface area contributed by atoms with Gasteiger partial charge in [0, 0.05) is 24.3 Å². The molecule has 1 amide bonds. The molecule has 0 fully saturated rings. The van der Waals surface area contributed by atoms with Crippen molar-refractivity contribution in [2.45, 2.75) is 12.7 Å². The van der Waals surface area contributed by atoms with Gasteiger partial charge in [-0.1, -0.05) is 0 Å². The molecule has 0 spiro atoms. The maximum atomic E-state index is 14.1. The summed E-state index contributed by atoms with van der Waals surface area (Å²) in [7, 11) is 0. The first-order valence-electron chi connectivity index (χ1n) is 7.01. The van der Waals surface area contributed by atoms with Crippen LogP contribution in [0.15, 0.2) is 49.2 Å². The van der Waals surface area contributed by atoms with Gasteiger partial charge in [0.2, 0.25) is 5.91 Å². The van der Waals surface area contributed by atoms with Crippen molar-refractivity contribution in [1.29, 1.82) is 0 Å². The highest BCUT2D eigenvalue weighted by molar-refractivity contribution is 5.90. The molecule has 1 N–H and O–H groups in total. The van der Waals surface area contributed by atoms with Gasteiger partial charge in [0.05, 0.1) is 12.0 Å². The Morgan fingerprint density at radius 2 is 2.00 bits per heavy atom. The first kappa shape index (κ1) is 16.7. The van der Waals surface area contributed by atoms with Gasteiger partial charge in [0.25, 0.3) is 0 Å². The third kappa shape index (κ3) is 3.84. The Balaban J connectivity index is 1.67. The third-order valence-corrected chi connectivity index (χ3v) is 3.25. The number of imidazole rings is 1. The first-order chi connectivity index (χ1) is 11.8. The monoisotopic (exact) mass is 353 g/mol.